The molecule has 1 aromatic rings. The summed E-state index contributed by atoms with van der Waals surface area (Å²) in [4.78, 5) is 1.07. The van der Waals surface area contributed by atoms with Gasteiger partial charge < -0.3 is 5.32 Å². The zero-order chi connectivity index (χ0) is 13.9. The summed E-state index contributed by atoms with van der Waals surface area (Å²) in [5, 5.41) is 9.35. The number of rotatable bonds is 3. The van der Waals surface area contributed by atoms with Crippen LogP contribution in [0.5, 0.6) is 0 Å². The van der Waals surface area contributed by atoms with E-state index in [-0.39, 0.29) is 17.5 Å². The lowest BCUT2D eigenvalue weighted by Gasteiger charge is -2.11. The third-order valence-electron chi connectivity index (χ3n) is 2.82. The molecular formula is C11H15N3O2S3. The summed E-state index contributed by atoms with van der Waals surface area (Å²) in [5.41, 5.74) is 3.87. The lowest BCUT2D eigenvalue weighted by atomic mass is 10.3. The summed E-state index contributed by atoms with van der Waals surface area (Å²) in [6.45, 7) is 2.01. The van der Waals surface area contributed by atoms with Crippen molar-refractivity contribution in [1.29, 1.82) is 0 Å². The molecule has 5 nitrogen and oxygen atoms in total. The molecule has 2 rings (SSSR count). The van der Waals surface area contributed by atoms with Gasteiger partial charge in [-0.15, -0.1) is 11.3 Å². The molecule has 1 aliphatic rings. The molecule has 0 spiro atoms. The predicted octanol–water partition coefficient (Wildman–Crippen LogP) is 1.04. The summed E-state index contributed by atoms with van der Waals surface area (Å²) in [5.74, 6) is 0.369. The summed E-state index contributed by atoms with van der Waals surface area (Å²) in [6, 6.07) is 1.91. The van der Waals surface area contributed by atoms with E-state index in [9.17, 15) is 8.42 Å². The van der Waals surface area contributed by atoms with Crippen LogP contribution in [0.4, 0.5) is 0 Å². The second-order valence-corrected chi connectivity index (χ2v) is 8.00. The molecule has 0 aromatic carbocycles. The summed E-state index contributed by atoms with van der Waals surface area (Å²) >= 11 is 6.67. The van der Waals surface area contributed by atoms with Gasteiger partial charge in [-0.1, -0.05) is 0 Å². The number of nitrogens with one attached hydrogen (secondary N) is 2. The number of nitrogens with zero attached hydrogens (tertiary/aromatic N) is 1. The zero-order valence-corrected chi connectivity index (χ0v) is 12.9. The quantitative estimate of drug-likeness (QED) is 0.495. The average Bonchev–Trinajstić information content (AvgIpc) is 2.86. The molecule has 19 heavy (non-hydrogen) atoms. The maximum absolute atomic E-state index is 11.3. The minimum absolute atomic E-state index is 0.108. The minimum Gasteiger partial charge on any atom is -0.358 e. The van der Waals surface area contributed by atoms with E-state index in [4.69, 9.17) is 12.2 Å². The van der Waals surface area contributed by atoms with Gasteiger partial charge in [0.15, 0.2) is 14.9 Å². The van der Waals surface area contributed by atoms with Crippen LogP contribution in [0, 0.1) is 6.92 Å². The number of hydrazone groups is 1. The fraction of sp³-hybridized carbons (Fsp3) is 0.455. The molecule has 1 fully saturated rings. The molecule has 2 N–H and O–H groups in total. The Morgan fingerprint density at radius 3 is 3.00 bits per heavy atom. The van der Waals surface area contributed by atoms with Gasteiger partial charge in [-0.05, 0) is 42.6 Å². The molecule has 1 aliphatic heterocycles. The van der Waals surface area contributed by atoms with Gasteiger partial charge in [-0.25, -0.2) is 8.42 Å². The second kappa shape index (κ2) is 5.98. The van der Waals surface area contributed by atoms with Crippen LogP contribution in [0.2, 0.25) is 0 Å². The van der Waals surface area contributed by atoms with Crippen molar-refractivity contribution in [3.05, 3.63) is 21.9 Å². The van der Waals surface area contributed by atoms with Crippen LogP contribution >= 0.6 is 23.6 Å². The van der Waals surface area contributed by atoms with E-state index in [1.165, 1.54) is 0 Å². The van der Waals surface area contributed by atoms with Gasteiger partial charge in [0, 0.05) is 10.9 Å². The predicted molar refractivity (Wildman–Crippen MR) is 82.6 cm³/mol. The molecule has 8 heteroatoms. The van der Waals surface area contributed by atoms with Crippen molar-refractivity contribution < 1.29 is 8.42 Å². The highest BCUT2D eigenvalue weighted by molar-refractivity contribution is 7.91. The molecule has 0 radical (unpaired) electrons. The number of thiocarbonyl (C=S) groups is 1. The van der Waals surface area contributed by atoms with E-state index < -0.39 is 9.84 Å². The van der Waals surface area contributed by atoms with Crippen molar-refractivity contribution in [3.63, 3.8) is 0 Å². The first kappa shape index (κ1) is 14.4. The maximum atomic E-state index is 11.3. The molecule has 1 saturated heterocycles. The number of sulfone groups is 1. The van der Waals surface area contributed by atoms with E-state index in [0.29, 0.717) is 11.5 Å². The van der Waals surface area contributed by atoms with Crippen molar-refractivity contribution >= 4 is 44.7 Å². The topological polar surface area (TPSA) is 70.6 Å². The van der Waals surface area contributed by atoms with Crippen LogP contribution in [0.1, 0.15) is 16.9 Å². The molecule has 104 valence electrons. The number of thiophene rings is 1. The van der Waals surface area contributed by atoms with Crippen LogP contribution in [-0.2, 0) is 9.84 Å². The third kappa shape index (κ3) is 4.26. The second-order valence-electron chi connectivity index (χ2n) is 4.41. The van der Waals surface area contributed by atoms with Crippen LogP contribution < -0.4 is 10.7 Å². The Morgan fingerprint density at radius 1 is 1.63 bits per heavy atom. The maximum Gasteiger partial charge on any atom is 0.187 e. The van der Waals surface area contributed by atoms with Crippen LogP contribution in [-0.4, -0.2) is 37.3 Å². The lowest BCUT2D eigenvalue weighted by Crippen LogP contribution is -2.40. The Kier molecular flexibility index (Phi) is 4.54. The Bertz CT molecular complexity index is 592. The lowest BCUT2D eigenvalue weighted by molar-refractivity contribution is 0.600. The first-order chi connectivity index (χ1) is 8.96. The van der Waals surface area contributed by atoms with E-state index in [0.717, 1.165) is 10.4 Å². The van der Waals surface area contributed by atoms with Gasteiger partial charge >= 0.3 is 0 Å². The van der Waals surface area contributed by atoms with E-state index in [1.807, 2.05) is 18.4 Å². The van der Waals surface area contributed by atoms with Gasteiger partial charge in [0.1, 0.15) is 0 Å². The first-order valence-electron chi connectivity index (χ1n) is 5.80. The Morgan fingerprint density at radius 2 is 2.42 bits per heavy atom. The van der Waals surface area contributed by atoms with Crippen LogP contribution in [0.15, 0.2) is 16.5 Å². The van der Waals surface area contributed by atoms with E-state index >= 15 is 0 Å². The van der Waals surface area contributed by atoms with E-state index in [1.54, 1.807) is 17.6 Å². The SMILES string of the molecule is Cc1ccsc1/C=N\NC(=S)N[C@H]1CCS(=O)(=O)C1. The van der Waals surface area contributed by atoms with Crippen molar-refractivity contribution in [3.8, 4) is 0 Å². The minimum atomic E-state index is -2.89. The van der Waals surface area contributed by atoms with Gasteiger partial charge in [0.2, 0.25) is 0 Å². The fourth-order valence-electron chi connectivity index (χ4n) is 1.79. The largest absolute Gasteiger partial charge is 0.358 e. The molecule has 0 unspecified atom stereocenters. The molecule has 0 amide bonds. The van der Waals surface area contributed by atoms with Crippen molar-refractivity contribution in [2.75, 3.05) is 11.5 Å². The Hall–Kier alpha value is -0.990. The summed E-state index contributed by atoms with van der Waals surface area (Å²) in [7, 11) is -2.89. The van der Waals surface area contributed by atoms with Crippen molar-refractivity contribution in [2.45, 2.75) is 19.4 Å². The molecule has 2 heterocycles. The van der Waals surface area contributed by atoms with E-state index in [2.05, 4.69) is 15.8 Å². The Labute approximate surface area is 122 Å². The number of aryl methyl sites for hydroxylation is 1. The third-order valence-corrected chi connectivity index (χ3v) is 5.75. The van der Waals surface area contributed by atoms with Crippen molar-refractivity contribution in [2.24, 2.45) is 5.10 Å². The molecule has 1 aromatic heterocycles. The van der Waals surface area contributed by atoms with Gasteiger partial charge in [0.25, 0.3) is 0 Å². The first-order valence-corrected chi connectivity index (χ1v) is 8.91. The Balaban J connectivity index is 1.79. The number of hydrogen-bond donors (Lipinski definition) is 2. The molecule has 0 bridgehead atoms. The van der Waals surface area contributed by atoms with Crippen LogP contribution in [0.3, 0.4) is 0 Å². The van der Waals surface area contributed by atoms with Gasteiger partial charge in [-0.2, -0.15) is 5.10 Å². The standard InChI is InChI=1S/C11H15N3O2S3/c1-8-2-4-18-10(8)6-12-14-11(17)13-9-3-5-19(15,16)7-9/h2,4,6,9H,3,5,7H2,1H3,(H2,13,14,17)/b12-6-/t9-/m0/s1. The zero-order valence-electron chi connectivity index (χ0n) is 10.4. The monoisotopic (exact) mass is 317 g/mol. The summed E-state index contributed by atoms with van der Waals surface area (Å²) in [6.07, 6.45) is 2.30. The molecular weight excluding hydrogens is 302 g/mol. The highest BCUT2D eigenvalue weighted by Gasteiger charge is 2.28. The molecule has 0 saturated carbocycles. The average molecular weight is 317 g/mol. The summed E-state index contributed by atoms with van der Waals surface area (Å²) < 4.78 is 22.6. The van der Waals surface area contributed by atoms with Gasteiger partial charge in [-0.3, -0.25) is 5.43 Å². The normalized spacial score (nSPS) is 21.6. The van der Waals surface area contributed by atoms with Crippen molar-refractivity contribution in [1.82, 2.24) is 10.7 Å². The fourth-order valence-corrected chi connectivity index (χ4v) is 4.47. The smallest absolute Gasteiger partial charge is 0.187 e. The van der Waals surface area contributed by atoms with Gasteiger partial charge in [0.05, 0.1) is 17.7 Å². The highest BCUT2D eigenvalue weighted by atomic mass is 32.2. The molecule has 1 atom stereocenters. The highest BCUT2D eigenvalue weighted by Crippen LogP contribution is 2.12. The molecule has 0 aliphatic carbocycles. The van der Waals surface area contributed by atoms with Crippen LogP contribution in [0.25, 0.3) is 0 Å². The number of hydrogen-bond acceptors (Lipinski definition) is 5.